The van der Waals surface area contributed by atoms with E-state index < -0.39 is 9.83 Å². The molecule has 0 rings (SSSR count). The molecule has 0 aromatic heterocycles. The molecule has 0 saturated carbocycles. The molecule has 0 spiro atoms. The molecule has 0 radical (unpaired) electrons. The lowest BCUT2D eigenvalue weighted by atomic mass is 10.6. The van der Waals surface area contributed by atoms with Crippen LogP contribution in [0.1, 0.15) is 26.7 Å². The van der Waals surface area contributed by atoms with Gasteiger partial charge < -0.3 is 0 Å². The molecule has 56 valence electrons. The van der Waals surface area contributed by atoms with Crippen LogP contribution in [0.25, 0.3) is 0 Å². The second-order valence-corrected chi connectivity index (χ2v) is 5.31. The normalized spacial score (nSPS) is 13.6. The number of hydrogen-bond acceptors (Lipinski definition) is 2. The van der Waals surface area contributed by atoms with Crippen molar-refractivity contribution >= 4 is 20.6 Å². The Morgan fingerprint density at radius 2 is 2.00 bits per heavy atom. The first-order valence-corrected chi connectivity index (χ1v) is 6.15. The lowest BCUT2D eigenvalue weighted by Crippen LogP contribution is -1.90. The first-order chi connectivity index (χ1) is 4.31. The highest BCUT2D eigenvalue weighted by Crippen LogP contribution is 2.09. The van der Waals surface area contributed by atoms with E-state index >= 15 is 0 Å². The summed E-state index contributed by atoms with van der Waals surface area (Å²) in [5.74, 6) is 1.89. The summed E-state index contributed by atoms with van der Waals surface area (Å²) < 4.78 is 10.9. The molecule has 0 saturated heterocycles. The summed E-state index contributed by atoms with van der Waals surface area (Å²) in [5.41, 5.74) is 0. The Morgan fingerprint density at radius 1 is 1.33 bits per heavy atom. The van der Waals surface area contributed by atoms with Gasteiger partial charge >= 0.3 is 0 Å². The third-order valence-corrected chi connectivity index (χ3v) is 4.16. The number of rotatable bonds is 5. The van der Waals surface area contributed by atoms with Crippen LogP contribution in [0.5, 0.6) is 0 Å². The summed E-state index contributed by atoms with van der Waals surface area (Å²) in [5, 5.41) is 0. The van der Waals surface area contributed by atoms with Gasteiger partial charge in [-0.3, -0.25) is 0 Å². The molecule has 1 atom stereocenters. The van der Waals surface area contributed by atoms with Gasteiger partial charge in [0, 0.05) is 11.5 Å². The third-order valence-electron chi connectivity index (χ3n) is 0.790. The average Bonchev–Trinajstić information content (AvgIpc) is 1.85. The second-order valence-electron chi connectivity index (χ2n) is 1.83. The van der Waals surface area contributed by atoms with E-state index in [1.807, 2.05) is 0 Å². The largest absolute Gasteiger partial charge is 0.248 e. The molecular weight excluding hydrogens is 152 g/mol. The molecule has 3 heteroatoms. The molecule has 0 aromatic carbocycles. The van der Waals surface area contributed by atoms with Gasteiger partial charge in [0.05, 0.1) is 9.83 Å². The van der Waals surface area contributed by atoms with Crippen molar-refractivity contribution in [1.82, 2.24) is 0 Å². The molecule has 0 aromatic rings. The summed E-state index contributed by atoms with van der Waals surface area (Å²) >= 11 is 0. The zero-order chi connectivity index (χ0) is 7.11. The van der Waals surface area contributed by atoms with Crippen LogP contribution in [-0.4, -0.2) is 15.7 Å². The Balaban J connectivity index is 3.06. The van der Waals surface area contributed by atoms with Gasteiger partial charge in [-0.1, -0.05) is 24.6 Å². The highest BCUT2D eigenvalue weighted by Gasteiger charge is 1.95. The van der Waals surface area contributed by atoms with Gasteiger partial charge in [0.1, 0.15) is 0 Å². The lowest BCUT2D eigenvalue weighted by molar-refractivity contribution is 0.690. The maximum atomic E-state index is 10.9. The zero-order valence-corrected chi connectivity index (χ0v) is 7.69. The fourth-order valence-corrected chi connectivity index (χ4v) is 3.12. The van der Waals surface area contributed by atoms with Crippen LogP contribution >= 0.6 is 10.8 Å². The van der Waals surface area contributed by atoms with Crippen molar-refractivity contribution in [3.05, 3.63) is 0 Å². The Hall–Kier alpha value is 0.500. The highest BCUT2D eigenvalue weighted by molar-refractivity contribution is 8.69. The Morgan fingerprint density at radius 3 is 2.44 bits per heavy atom. The molecule has 0 amide bonds. The van der Waals surface area contributed by atoms with Gasteiger partial charge in [0.25, 0.3) is 0 Å². The van der Waals surface area contributed by atoms with E-state index in [4.69, 9.17) is 0 Å². The fourth-order valence-electron chi connectivity index (χ4n) is 0.402. The van der Waals surface area contributed by atoms with Gasteiger partial charge in [0.15, 0.2) is 0 Å². The van der Waals surface area contributed by atoms with Crippen molar-refractivity contribution in [3.63, 3.8) is 0 Å². The molecular formula is C6H14OS2. The van der Waals surface area contributed by atoms with E-state index in [2.05, 4.69) is 13.8 Å². The fraction of sp³-hybridized carbons (Fsp3) is 1.00. The standard InChI is InChI=1S/C6H14OS2/c1-3-5-8-9(7)6-4-2/h3-6H2,1-2H3/t9-/m1/s1. The Labute approximate surface area is 63.5 Å². The van der Waals surface area contributed by atoms with Gasteiger partial charge in [-0.25, -0.2) is 4.21 Å². The van der Waals surface area contributed by atoms with Gasteiger partial charge in [-0.15, -0.1) is 0 Å². The highest BCUT2D eigenvalue weighted by atomic mass is 33.1. The van der Waals surface area contributed by atoms with Crippen LogP contribution in [-0.2, 0) is 9.83 Å². The lowest BCUT2D eigenvalue weighted by Gasteiger charge is -1.95. The molecule has 0 unspecified atom stereocenters. The third kappa shape index (κ3) is 6.38. The van der Waals surface area contributed by atoms with E-state index in [1.54, 1.807) is 10.8 Å². The summed E-state index contributed by atoms with van der Waals surface area (Å²) in [7, 11) is 0.970. The van der Waals surface area contributed by atoms with Crippen molar-refractivity contribution in [3.8, 4) is 0 Å². The van der Waals surface area contributed by atoms with Gasteiger partial charge in [0.2, 0.25) is 0 Å². The minimum absolute atomic E-state index is 0.603. The quantitative estimate of drug-likeness (QED) is 0.582. The van der Waals surface area contributed by atoms with E-state index in [0.717, 1.165) is 24.3 Å². The molecule has 0 bridgehead atoms. The van der Waals surface area contributed by atoms with Crippen LogP contribution in [0.2, 0.25) is 0 Å². The summed E-state index contributed by atoms with van der Waals surface area (Å²) in [6.45, 7) is 4.17. The van der Waals surface area contributed by atoms with E-state index in [0.29, 0.717) is 0 Å². The number of hydrogen-bond donors (Lipinski definition) is 0. The van der Waals surface area contributed by atoms with Crippen molar-refractivity contribution in [1.29, 1.82) is 0 Å². The minimum Gasteiger partial charge on any atom is -0.248 e. The molecule has 9 heavy (non-hydrogen) atoms. The van der Waals surface area contributed by atoms with Gasteiger partial charge in [-0.05, 0) is 12.8 Å². The second kappa shape index (κ2) is 6.62. The van der Waals surface area contributed by atoms with Crippen molar-refractivity contribution < 1.29 is 4.21 Å². The van der Waals surface area contributed by atoms with E-state index in [-0.39, 0.29) is 0 Å². The van der Waals surface area contributed by atoms with Crippen LogP contribution in [0, 0.1) is 0 Å². The molecule has 0 aliphatic rings. The molecule has 0 aliphatic heterocycles. The molecule has 0 heterocycles. The summed E-state index contributed by atoms with van der Waals surface area (Å²) in [6, 6.07) is 0. The van der Waals surface area contributed by atoms with E-state index in [9.17, 15) is 4.21 Å². The van der Waals surface area contributed by atoms with Crippen LogP contribution in [0.4, 0.5) is 0 Å². The Bertz CT molecular complexity index is 83.1. The van der Waals surface area contributed by atoms with Crippen molar-refractivity contribution in [2.45, 2.75) is 26.7 Å². The maximum Gasteiger partial charge on any atom is 0.0803 e. The van der Waals surface area contributed by atoms with Crippen LogP contribution < -0.4 is 0 Å². The van der Waals surface area contributed by atoms with Crippen molar-refractivity contribution in [2.24, 2.45) is 0 Å². The first kappa shape index (κ1) is 9.50. The molecule has 0 N–H and O–H groups in total. The maximum absolute atomic E-state index is 10.9. The average molecular weight is 166 g/mol. The van der Waals surface area contributed by atoms with Gasteiger partial charge in [-0.2, -0.15) is 0 Å². The smallest absolute Gasteiger partial charge is 0.0803 e. The summed E-state index contributed by atoms with van der Waals surface area (Å²) in [4.78, 5) is 0. The van der Waals surface area contributed by atoms with E-state index in [1.165, 1.54) is 0 Å². The van der Waals surface area contributed by atoms with Crippen LogP contribution in [0.3, 0.4) is 0 Å². The summed E-state index contributed by atoms with van der Waals surface area (Å²) in [6.07, 6.45) is 2.16. The first-order valence-electron chi connectivity index (χ1n) is 3.32. The SMILES string of the molecule is CCCS[S@@](=O)CCC. The van der Waals surface area contributed by atoms with Crippen molar-refractivity contribution in [2.75, 3.05) is 11.5 Å². The predicted octanol–water partition coefficient (Wildman–Crippen LogP) is 2.20. The minimum atomic E-state index is -0.603. The van der Waals surface area contributed by atoms with Crippen LogP contribution in [0.15, 0.2) is 0 Å². The topological polar surface area (TPSA) is 17.1 Å². The zero-order valence-electron chi connectivity index (χ0n) is 6.05. The molecule has 0 aliphatic carbocycles. The Kier molecular flexibility index (Phi) is 6.99. The molecule has 0 fully saturated rings. The predicted molar refractivity (Wildman–Crippen MR) is 46.0 cm³/mol. The molecule has 1 nitrogen and oxygen atoms in total. The monoisotopic (exact) mass is 166 g/mol.